The first kappa shape index (κ1) is 49.4. The number of methoxy groups -OCH3 is 1. The first-order valence-electron chi connectivity index (χ1n) is 23.5. The minimum absolute atomic E-state index is 0.0365. The molecular weight excluding hydrogens is 844 g/mol. The van der Waals surface area contributed by atoms with Gasteiger partial charge in [-0.05, 0) is 92.8 Å². The standard InChI is InChI=1S/C45H74O19/c1-19-30-27(64-45(19,57-5)13-8-22(49)16-46)15-26-24-7-6-21-14-23(9-11-43(21,3)25(24)10-12-44(26,30)4)59-42-39(63-40-36(55)34(53)31(50)20(2)58-40)38(33(52)29(18-48)61-42)62-41-37(56)35(54)32(51)28(17-47)60-41/h6,19-20,22-42,46-56H,7-18H2,1-5H3/t19-,20-,22+,23-,24?,25?,26?,27-,28+,29+,30-,31-,32+,33+,34+,35-,36+,37+,38-,39+,40-,41-,42+,43-,44-,45+/m0/s1. The Morgan fingerprint density at radius 1 is 0.734 bits per heavy atom. The summed E-state index contributed by atoms with van der Waals surface area (Å²) in [6.07, 6.45) is -15.5. The molecule has 0 aromatic rings. The average Bonchev–Trinajstić information content (AvgIpc) is 3.74. The van der Waals surface area contributed by atoms with E-state index in [1.54, 1.807) is 7.11 Å². The Labute approximate surface area is 374 Å². The Balaban J connectivity index is 1.01. The number of aliphatic hydroxyl groups is 11. The summed E-state index contributed by atoms with van der Waals surface area (Å²) in [6, 6.07) is 0. The molecule has 11 N–H and O–H groups in total. The van der Waals surface area contributed by atoms with Gasteiger partial charge in [0.2, 0.25) is 0 Å². The Morgan fingerprint density at radius 3 is 2.05 bits per heavy atom. The Kier molecular flexibility index (Phi) is 14.7. The molecule has 4 aliphatic carbocycles. The number of ether oxygens (including phenoxy) is 8. The van der Waals surface area contributed by atoms with Crippen LogP contribution in [0.2, 0.25) is 0 Å². The van der Waals surface area contributed by atoms with Crippen molar-refractivity contribution in [2.75, 3.05) is 26.9 Å². The number of fused-ring (bicyclic) bond motifs is 7. The van der Waals surface area contributed by atoms with E-state index in [1.165, 1.54) is 12.5 Å². The molecule has 368 valence electrons. The molecule has 4 heterocycles. The molecule has 7 fully saturated rings. The lowest BCUT2D eigenvalue weighted by Gasteiger charge is -2.58. The van der Waals surface area contributed by atoms with Crippen LogP contribution < -0.4 is 0 Å². The van der Waals surface area contributed by atoms with E-state index in [0.29, 0.717) is 49.4 Å². The van der Waals surface area contributed by atoms with Gasteiger partial charge in [-0.15, -0.1) is 0 Å². The van der Waals surface area contributed by atoms with Crippen molar-refractivity contribution in [3.8, 4) is 0 Å². The van der Waals surface area contributed by atoms with Crippen LogP contribution >= 0.6 is 0 Å². The highest BCUT2D eigenvalue weighted by Crippen LogP contribution is 2.70. The lowest BCUT2D eigenvalue weighted by molar-refractivity contribution is -0.394. The minimum Gasteiger partial charge on any atom is -0.394 e. The minimum atomic E-state index is -1.86. The molecule has 8 rings (SSSR count). The van der Waals surface area contributed by atoms with Gasteiger partial charge >= 0.3 is 0 Å². The number of hydrogen-bond acceptors (Lipinski definition) is 19. The van der Waals surface area contributed by atoms with Crippen LogP contribution in [-0.4, -0.2) is 199 Å². The third-order valence-corrected chi connectivity index (χ3v) is 17.5. The van der Waals surface area contributed by atoms with Crippen molar-refractivity contribution in [2.45, 2.75) is 202 Å². The van der Waals surface area contributed by atoms with E-state index in [4.69, 9.17) is 37.9 Å². The van der Waals surface area contributed by atoms with E-state index in [1.807, 2.05) is 0 Å². The van der Waals surface area contributed by atoms with Crippen LogP contribution in [0, 0.1) is 40.4 Å². The topological polar surface area (TPSA) is 296 Å². The van der Waals surface area contributed by atoms with E-state index in [9.17, 15) is 56.2 Å². The second kappa shape index (κ2) is 19.1. The summed E-state index contributed by atoms with van der Waals surface area (Å²) in [6.45, 7) is 6.75. The molecule has 0 amide bonds. The second-order valence-corrected chi connectivity index (χ2v) is 20.7. The molecule has 0 bridgehead atoms. The first-order chi connectivity index (χ1) is 30.4. The summed E-state index contributed by atoms with van der Waals surface area (Å²) in [5.41, 5.74) is 1.20. The quantitative estimate of drug-likeness (QED) is 0.0942. The number of allylic oxidation sites excluding steroid dienone is 1. The zero-order chi connectivity index (χ0) is 46.2. The van der Waals surface area contributed by atoms with Gasteiger partial charge in [-0.1, -0.05) is 32.4 Å². The van der Waals surface area contributed by atoms with E-state index in [2.05, 4.69) is 26.8 Å². The Bertz CT molecular complexity index is 1620. The molecule has 64 heavy (non-hydrogen) atoms. The van der Waals surface area contributed by atoms with Crippen molar-refractivity contribution < 1.29 is 94.1 Å². The lowest BCUT2D eigenvalue weighted by atomic mass is 9.47. The second-order valence-electron chi connectivity index (χ2n) is 20.7. The van der Waals surface area contributed by atoms with Gasteiger partial charge in [0.05, 0.1) is 44.2 Å². The molecule has 4 saturated heterocycles. The van der Waals surface area contributed by atoms with Crippen molar-refractivity contribution in [3.63, 3.8) is 0 Å². The number of aliphatic hydroxyl groups excluding tert-OH is 11. The predicted molar refractivity (Wildman–Crippen MR) is 219 cm³/mol. The smallest absolute Gasteiger partial charge is 0.187 e. The van der Waals surface area contributed by atoms with E-state index < -0.39 is 123 Å². The molecule has 19 nitrogen and oxygen atoms in total. The van der Waals surface area contributed by atoms with Crippen molar-refractivity contribution in [1.29, 1.82) is 0 Å². The fraction of sp³-hybridized carbons (Fsp3) is 0.956. The zero-order valence-corrected chi connectivity index (χ0v) is 37.5. The molecule has 0 aromatic heterocycles. The maximum atomic E-state index is 11.6. The molecule has 26 atom stereocenters. The van der Waals surface area contributed by atoms with Crippen LogP contribution in [0.4, 0.5) is 0 Å². The normalized spacial score (nSPS) is 54.3. The largest absolute Gasteiger partial charge is 0.394 e. The van der Waals surface area contributed by atoms with E-state index in [-0.39, 0.29) is 29.5 Å². The summed E-state index contributed by atoms with van der Waals surface area (Å²) in [5.74, 6) is 0.913. The van der Waals surface area contributed by atoms with Gasteiger partial charge in [-0.3, -0.25) is 0 Å². The van der Waals surface area contributed by atoms with Gasteiger partial charge < -0.3 is 94.1 Å². The molecule has 0 radical (unpaired) electrons. The van der Waals surface area contributed by atoms with Gasteiger partial charge in [-0.2, -0.15) is 0 Å². The molecule has 0 aromatic carbocycles. The molecule has 3 unspecified atom stereocenters. The lowest BCUT2D eigenvalue weighted by Crippen LogP contribution is -2.67. The van der Waals surface area contributed by atoms with Crippen LogP contribution in [0.25, 0.3) is 0 Å². The van der Waals surface area contributed by atoms with Crippen LogP contribution in [0.3, 0.4) is 0 Å². The summed E-state index contributed by atoms with van der Waals surface area (Å²) >= 11 is 0. The maximum absolute atomic E-state index is 11.6. The van der Waals surface area contributed by atoms with Crippen LogP contribution in [-0.2, 0) is 37.9 Å². The van der Waals surface area contributed by atoms with E-state index >= 15 is 0 Å². The van der Waals surface area contributed by atoms with Gasteiger partial charge in [0.25, 0.3) is 0 Å². The predicted octanol–water partition coefficient (Wildman–Crippen LogP) is -1.45. The fourth-order valence-corrected chi connectivity index (χ4v) is 13.8. The van der Waals surface area contributed by atoms with Crippen LogP contribution in [0.1, 0.15) is 85.5 Å². The monoisotopic (exact) mass is 918 g/mol. The Morgan fingerprint density at radius 2 is 1.38 bits per heavy atom. The SMILES string of the molecule is CO[C@]1(CC[C@@H](O)CO)O[C@H]2CC3C4CC=C5C[C@@H](O[C@@H]6O[C@H](CO)[C@@H](O)[C@H](O[C@@H]7O[C@H](CO)[C@@H](O)[C@H](O)[C@H]7O)[C@H]6O[C@@H]6O[C@@H](C)[C@H](O)[C@@H](O)[C@H]6O)CC[C@]5(C)C4CC[C@]3(C)[C@H]2[C@@H]1C. The highest BCUT2D eigenvalue weighted by Gasteiger charge is 2.68. The highest BCUT2D eigenvalue weighted by molar-refractivity contribution is 5.26. The molecule has 19 heteroatoms. The zero-order valence-electron chi connectivity index (χ0n) is 37.5. The summed E-state index contributed by atoms with van der Waals surface area (Å²) in [5, 5.41) is 115. The van der Waals surface area contributed by atoms with Gasteiger partial charge in [0.15, 0.2) is 24.7 Å². The molecule has 4 aliphatic heterocycles. The third kappa shape index (κ3) is 8.36. The molecule has 0 spiro atoms. The average molecular weight is 919 g/mol. The first-order valence-corrected chi connectivity index (χ1v) is 23.5. The summed E-state index contributed by atoms with van der Waals surface area (Å²) in [4.78, 5) is 0. The summed E-state index contributed by atoms with van der Waals surface area (Å²) < 4.78 is 49.6. The van der Waals surface area contributed by atoms with Gasteiger partial charge in [0.1, 0.15) is 67.1 Å². The fourth-order valence-electron chi connectivity index (χ4n) is 13.8. The van der Waals surface area contributed by atoms with Crippen molar-refractivity contribution >= 4 is 0 Å². The number of rotatable bonds is 13. The van der Waals surface area contributed by atoms with Crippen LogP contribution in [0.5, 0.6) is 0 Å². The third-order valence-electron chi connectivity index (χ3n) is 17.5. The van der Waals surface area contributed by atoms with Crippen molar-refractivity contribution in [3.05, 3.63) is 11.6 Å². The van der Waals surface area contributed by atoms with Crippen molar-refractivity contribution in [2.24, 2.45) is 40.4 Å². The maximum Gasteiger partial charge on any atom is 0.187 e. The Hall–Kier alpha value is -1.02. The van der Waals surface area contributed by atoms with E-state index in [0.717, 1.165) is 32.1 Å². The summed E-state index contributed by atoms with van der Waals surface area (Å²) in [7, 11) is 1.68. The molecule has 8 aliphatic rings. The van der Waals surface area contributed by atoms with Gasteiger partial charge in [0, 0.05) is 19.4 Å². The van der Waals surface area contributed by atoms with Crippen molar-refractivity contribution in [1.82, 2.24) is 0 Å². The molecule has 3 saturated carbocycles. The van der Waals surface area contributed by atoms with Crippen LogP contribution in [0.15, 0.2) is 11.6 Å². The molecular formula is C45H74O19. The van der Waals surface area contributed by atoms with Gasteiger partial charge in [-0.25, -0.2) is 0 Å². The number of hydrogen-bond donors (Lipinski definition) is 11. The highest BCUT2D eigenvalue weighted by atomic mass is 16.8.